The molecule has 4 rings (SSSR count). The molecule has 3 unspecified atom stereocenters. The number of carbonyl (C=O) groups excluding carboxylic acids is 5. The number of benzene rings is 2. The molecular formula is C35H41N5O6. The highest BCUT2D eigenvalue weighted by Gasteiger charge is 2.36. The summed E-state index contributed by atoms with van der Waals surface area (Å²) in [5, 5.41) is 10.6. The van der Waals surface area contributed by atoms with E-state index in [4.69, 9.17) is 4.74 Å². The minimum Gasteiger partial charge on any atom is -0.441 e. The predicted molar refractivity (Wildman–Crippen MR) is 171 cm³/mol. The molecule has 4 atom stereocenters. The maximum atomic E-state index is 13.7. The zero-order valence-corrected chi connectivity index (χ0v) is 26.1. The molecule has 11 nitrogen and oxygen atoms in total. The molecule has 2 heterocycles. The van der Waals surface area contributed by atoms with E-state index >= 15 is 0 Å². The minimum atomic E-state index is -1.28. The number of hydrogen-bond donors (Lipinski definition) is 4. The molecule has 1 fully saturated rings. The molecule has 0 aliphatic carbocycles. The predicted octanol–water partition coefficient (Wildman–Crippen LogP) is 3.40. The molecule has 0 saturated carbocycles. The molecule has 46 heavy (non-hydrogen) atoms. The van der Waals surface area contributed by atoms with E-state index in [0.29, 0.717) is 25.1 Å². The van der Waals surface area contributed by atoms with E-state index in [9.17, 15) is 24.0 Å². The highest BCUT2D eigenvalue weighted by Crippen LogP contribution is 2.23. The lowest BCUT2D eigenvalue weighted by Gasteiger charge is -2.26. The van der Waals surface area contributed by atoms with Crippen molar-refractivity contribution >= 4 is 29.6 Å². The third-order valence-electron chi connectivity index (χ3n) is 7.70. The number of rotatable bonds is 15. The second-order valence-electron chi connectivity index (χ2n) is 11.8. The van der Waals surface area contributed by atoms with Gasteiger partial charge in [0.1, 0.15) is 12.1 Å². The fourth-order valence-electron chi connectivity index (χ4n) is 5.31. The molecule has 4 N–H and O–H groups in total. The number of Topliss-reactive ketones (excluding diaryl/α,β-unsaturated/α-hetero) is 1. The Hall–Kier alpha value is -5.06. The van der Waals surface area contributed by atoms with Crippen molar-refractivity contribution in [1.29, 1.82) is 0 Å². The maximum absolute atomic E-state index is 13.7. The Morgan fingerprint density at radius 3 is 2.24 bits per heavy atom. The smallest absolute Gasteiger partial charge is 0.408 e. The van der Waals surface area contributed by atoms with E-state index in [1.54, 1.807) is 24.4 Å². The highest BCUT2D eigenvalue weighted by molar-refractivity contribution is 6.38. The largest absolute Gasteiger partial charge is 0.441 e. The van der Waals surface area contributed by atoms with Crippen LogP contribution in [0.2, 0.25) is 0 Å². The van der Waals surface area contributed by atoms with Crippen molar-refractivity contribution in [3.63, 3.8) is 0 Å². The second kappa shape index (κ2) is 16.9. The molecule has 1 saturated heterocycles. The van der Waals surface area contributed by atoms with Crippen molar-refractivity contribution in [2.24, 2.45) is 11.8 Å². The van der Waals surface area contributed by atoms with Gasteiger partial charge in [0.2, 0.25) is 17.6 Å². The first-order valence-electron chi connectivity index (χ1n) is 15.6. The summed E-state index contributed by atoms with van der Waals surface area (Å²) in [6.45, 7) is 4.25. The number of aromatic nitrogens is 1. The molecule has 3 aromatic rings. The fourth-order valence-corrected chi connectivity index (χ4v) is 5.31. The van der Waals surface area contributed by atoms with Gasteiger partial charge in [-0.25, -0.2) is 4.79 Å². The van der Waals surface area contributed by atoms with E-state index in [-0.39, 0.29) is 31.2 Å². The molecule has 1 aromatic heterocycles. The van der Waals surface area contributed by atoms with Crippen LogP contribution in [0.1, 0.15) is 56.0 Å². The lowest BCUT2D eigenvalue weighted by Crippen LogP contribution is -2.55. The van der Waals surface area contributed by atoms with E-state index in [2.05, 4.69) is 26.3 Å². The first-order valence-corrected chi connectivity index (χ1v) is 15.6. The van der Waals surface area contributed by atoms with Crippen molar-refractivity contribution in [1.82, 2.24) is 26.3 Å². The van der Waals surface area contributed by atoms with Crippen molar-refractivity contribution in [3.8, 4) is 0 Å². The Kier molecular flexibility index (Phi) is 12.4. The minimum absolute atomic E-state index is 0.0123. The van der Waals surface area contributed by atoms with Gasteiger partial charge in [0.05, 0.1) is 18.3 Å². The van der Waals surface area contributed by atoms with Crippen LogP contribution in [0.15, 0.2) is 85.1 Å². The van der Waals surface area contributed by atoms with Crippen LogP contribution in [0.25, 0.3) is 0 Å². The summed E-state index contributed by atoms with van der Waals surface area (Å²) in [5.74, 6) is -3.26. The molecule has 11 heteroatoms. The van der Waals surface area contributed by atoms with E-state index in [1.165, 1.54) is 0 Å². The van der Waals surface area contributed by atoms with E-state index in [0.717, 1.165) is 11.1 Å². The summed E-state index contributed by atoms with van der Waals surface area (Å²) < 4.78 is 5.87. The number of nitrogens with one attached hydrogen (secondary N) is 4. The molecule has 1 aliphatic heterocycles. The zero-order chi connectivity index (χ0) is 32.9. The Morgan fingerprint density at radius 1 is 0.913 bits per heavy atom. The van der Waals surface area contributed by atoms with Crippen molar-refractivity contribution in [2.45, 2.75) is 64.3 Å². The molecule has 2 aromatic carbocycles. The number of ether oxygens (including phenoxy) is 1. The third kappa shape index (κ3) is 10.3. The monoisotopic (exact) mass is 627 g/mol. The van der Waals surface area contributed by atoms with Crippen molar-refractivity contribution < 1.29 is 28.7 Å². The normalized spacial score (nSPS) is 16.1. The summed E-state index contributed by atoms with van der Waals surface area (Å²) in [4.78, 5) is 69.7. The maximum Gasteiger partial charge on any atom is 0.408 e. The van der Waals surface area contributed by atoms with Crippen LogP contribution < -0.4 is 21.3 Å². The number of pyridine rings is 1. The van der Waals surface area contributed by atoms with Crippen LogP contribution in [-0.4, -0.2) is 53.2 Å². The molecule has 0 spiro atoms. The summed E-state index contributed by atoms with van der Waals surface area (Å²) in [6.07, 6.45) is 1.23. The summed E-state index contributed by atoms with van der Waals surface area (Å²) in [6, 6.07) is 21.8. The van der Waals surface area contributed by atoms with Gasteiger partial charge < -0.3 is 26.0 Å². The Labute approximate surface area is 268 Å². The SMILES string of the molecule is CC(C)CC(NC(=O)OC(Cc1ccccc1)c1ccccc1)C(=O)NC(C[C@@H]1CCNC1=O)C(=O)C(=O)NCc1ccccn1. The number of nitrogens with zero attached hydrogens (tertiary/aromatic N) is 1. The number of carbonyl (C=O) groups is 5. The lowest BCUT2D eigenvalue weighted by molar-refractivity contribution is -0.141. The van der Waals surface area contributed by atoms with Gasteiger partial charge in [-0.1, -0.05) is 80.6 Å². The Bertz CT molecular complexity index is 1470. The standard InChI is InChI=1S/C35H41N5O6/c1-23(2)19-29(40-35(45)46-30(25-13-7-4-8-14-25)20-24-11-5-3-6-12-24)33(43)39-28(21-26-16-18-37-32(26)42)31(41)34(44)38-22-27-15-9-10-17-36-27/h3-15,17,23,26,28-30H,16,18-22H2,1-2H3,(H,37,42)(H,38,44)(H,39,43)(H,40,45)/t26-,28?,29?,30?/m0/s1. The van der Waals surface area contributed by atoms with Gasteiger partial charge in [0.15, 0.2) is 0 Å². The van der Waals surface area contributed by atoms with Crippen molar-refractivity contribution in [3.05, 3.63) is 102 Å². The second-order valence-corrected chi connectivity index (χ2v) is 11.8. The summed E-state index contributed by atoms with van der Waals surface area (Å²) >= 11 is 0. The average molecular weight is 628 g/mol. The van der Waals surface area contributed by atoms with Gasteiger partial charge in [-0.15, -0.1) is 0 Å². The molecular weight excluding hydrogens is 586 g/mol. The van der Waals surface area contributed by atoms with E-state index < -0.39 is 47.8 Å². The van der Waals surface area contributed by atoms with Crippen LogP contribution in [0.4, 0.5) is 4.79 Å². The van der Waals surface area contributed by atoms with Gasteiger partial charge in [0, 0.05) is 25.1 Å². The number of amides is 4. The quantitative estimate of drug-likeness (QED) is 0.188. The van der Waals surface area contributed by atoms with Gasteiger partial charge in [0.25, 0.3) is 5.91 Å². The molecule has 0 radical (unpaired) electrons. The third-order valence-corrected chi connectivity index (χ3v) is 7.70. The topological polar surface area (TPSA) is 156 Å². The zero-order valence-electron chi connectivity index (χ0n) is 26.1. The average Bonchev–Trinajstić information content (AvgIpc) is 3.47. The van der Waals surface area contributed by atoms with Crippen molar-refractivity contribution in [2.75, 3.05) is 6.54 Å². The van der Waals surface area contributed by atoms with Crippen LogP contribution in [0.5, 0.6) is 0 Å². The Balaban J connectivity index is 1.47. The Morgan fingerprint density at radius 2 is 1.61 bits per heavy atom. The molecule has 1 aliphatic rings. The van der Waals surface area contributed by atoms with Gasteiger partial charge in [-0.3, -0.25) is 24.2 Å². The first-order chi connectivity index (χ1) is 22.2. The van der Waals surface area contributed by atoms with E-state index in [1.807, 2.05) is 74.5 Å². The molecule has 4 amide bonds. The highest BCUT2D eigenvalue weighted by atomic mass is 16.6. The van der Waals surface area contributed by atoms with Crippen LogP contribution in [-0.2, 0) is 36.9 Å². The lowest BCUT2D eigenvalue weighted by atomic mass is 9.94. The van der Waals surface area contributed by atoms with Gasteiger partial charge >= 0.3 is 6.09 Å². The first kappa shape index (κ1) is 33.8. The number of hydrogen-bond acceptors (Lipinski definition) is 7. The molecule has 242 valence electrons. The number of ketones is 1. The molecule has 0 bridgehead atoms. The summed E-state index contributed by atoms with van der Waals surface area (Å²) in [5.41, 5.74) is 2.32. The van der Waals surface area contributed by atoms with Crippen LogP contribution >= 0.6 is 0 Å². The van der Waals surface area contributed by atoms with Gasteiger partial charge in [-0.2, -0.15) is 0 Å². The fraction of sp³-hybridized carbons (Fsp3) is 0.371. The van der Waals surface area contributed by atoms with Crippen LogP contribution in [0.3, 0.4) is 0 Å². The summed E-state index contributed by atoms with van der Waals surface area (Å²) in [7, 11) is 0. The van der Waals surface area contributed by atoms with Crippen LogP contribution in [0, 0.1) is 11.8 Å². The van der Waals surface area contributed by atoms with Gasteiger partial charge in [-0.05, 0) is 48.4 Å². The number of alkyl carbamates (subject to hydrolysis) is 1.